The first-order valence-electron chi connectivity index (χ1n) is 5.68. The number of hydrogen-bond donors (Lipinski definition) is 1. The molecule has 0 radical (unpaired) electrons. The second-order valence-corrected chi connectivity index (χ2v) is 4.00. The molecular weight excluding hydrogens is 216 g/mol. The van der Waals surface area contributed by atoms with Crippen LogP contribution in [0.15, 0.2) is 18.2 Å². The number of pyridine rings is 1. The van der Waals surface area contributed by atoms with Crippen molar-refractivity contribution in [2.75, 3.05) is 20.2 Å². The Kier molecular flexibility index (Phi) is 3.54. The number of rotatable bonds is 2. The Labute approximate surface area is 101 Å². The molecule has 0 aliphatic carbocycles. The van der Waals surface area contributed by atoms with Crippen molar-refractivity contribution in [3.8, 4) is 0 Å². The van der Waals surface area contributed by atoms with Crippen LogP contribution in [0.1, 0.15) is 28.2 Å². The zero-order chi connectivity index (χ0) is 12.3. The number of nitrogens with zero attached hydrogens (tertiary/aromatic N) is 1. The summed E-state index contributed by atoms with van der Waals surface area (Å²) in [5.74, 6) is -0.390. The smallest absolute Gasteiger partial charge is 0.356 e. The normalized spacial score (nSPS) is 15.3. The molecule has 1 aliphatic heterocycles. The van der Waals surface area contributed by atoms with Gasteiger partial charge in [0, 0.05) is 12.2 Å². The van der Waals surface area contributed by atoms with Crippen LogP contribution in [0.3, 0.4) is 0 Å². The van der Waals surface area contributed by atoms with Crippen molar-refractivity contribution in [2.45, 2.75) is 13.3 Å². The summed E-state index contributed by atoms with van der Waals surface area (Å²) >= 11 is 0. The zero-order valence-electron chi connectivity index (χ0n) is 10.1. The molecule has 17 heavy (non-hydrogen) atoms. The molecule has 1 N–H and O–H groups in total. The first-order valence-corrected chi connectivity index (χ1v) is 5.68. The summed E-state index contributed by atoms with van der Waals surface area (Å²) in [5.41, 5.74) is 3.66. The van der Waals surface area contributed by atoms with E-state index in [1.165, 1.54) is 12.7 Å². The molecular formula is C13H16N2O2. The molecule has 90 valence electrons. The fourth-order valence-corrected chi connectivity index (χ4v) is 1.99. The number of ether oxygens (including phenoxy) is 1. The van der Waals surface area contributed by atoms with Crippen molar-refractivity contribution in [3.63, 3.8) is 0 Å². The van der Waals surface area contributed by atoms with Crippen LogP contribution in [0.4, 0.5) is 0 Å². The highest BCUT2D eigenvalue weighted by Gasteiger charge is 2.12. The highest BCUT2D eigenvalue weighted by molar-refractivity contribution is 5.87. The van der Waals surface area contributed by atoms with Gasteiger partial charge in [-0.1, -0.05) is 12.1 Å². The summed E-state index contributed by atoms with van der Waals surface area (Å²) in [6.45, 7) is 3.81. The van der Waals surface area contributed by atoms with E-state index in [-0.39, 0.29) is 5.97 Å². The molecule has 4 nitrogen and oxygen atoms in total. The second kappa shape index (κ2) is 5.10. The van der Waals surface area contributed by atoms with Gasteiger partial charge in [-0.3, -0.25) is 0 Å². The number of hydrogen-bond acceptors (Lipinski definition) is 4. The van der Waals surface area contributed by atoms with E-state index in [1.807, 2.05) is 13.0 Å². The van der Waals surface area contributed by atoms with E-state index in [4.69, 9.17) is 0 Å². The van der Waals surface area contributed by atoms with Crippen LogP contribution in [-0.2, 0) is 4.74 Å². The van der Waals surface area contributed by atoms with Gasteiger partial charge in [-0.2, -0.15) is 0 Å². The molecule has 1 aromatic heterocycles. The summed E-state index contributed by atoms with van der Waals surface area (Å²) < 4.78 is 4.65. The van der Waals surface area contributed by atoms with Crippen LogP contribution in [0.2, 0.25) is 0 Å². The van der Waals surface area contributed by atoms with Crippen LogP contribution in [0.25, 0.3) is 5.57 Å². The van der Waals surface area contributed by atoms with Crippen molar-refractivity contribution in [2.24, 2.45) is 0 Å². The molecule has 0 aromatic carbocycles. The Morgan fingerprint density at radius 3 is 2.88 bits per heavy atom. The second-order valence-electron chi connectivity index (χ2n) is 4.00. The SMILES string of the molecule is COC(=O)c1ccc(C2=CCNCC2)c(C)n1. The van der Waals surface area contributed by atoms with Crippen LogP contribution < -0.4 is 5.32 Å². The summed E-state index contributed by atoms with van der Waals surface area (Å²) in [7, 11) is 1.36. The van der Waals surface area contributed by atoms with Gasteiger partial charge in [-0.15, -0.1) is 0 Å². The number of carbonyl (C=O) groups is 1. The minimum atomic E-state index is -0.390. The highest BCUT2D eigenvalue weighted by atomic mass is 16.5. The first-order chi connectivity index (χ1) is 8.22. The molecule has 1 aliphatic rings. The molecule has 2 rings (SSSR count). The van der Waals surface area contributed by atoms with E-state index in [0.29, 0.717) is 5.69 Å². The Balaban J connectivity index is 2.31. The molecule has 0 amide bonds. The predicted molar refractivity (Wildman–Crippen MR) is 65.8 cm³/mol. The standard InChI is InChI=1S/C13H16N2O2/c1-9-11(10-5-7-14-8-6-10)3-4-12(15-9)13(16)17-2/h3-5,14H,6-8H2,1-2H3. The molecule has 1 aromatic rings. The molecule has 2 heterocycles. The lowest BCUT2D eigenvalue weighted by atomic mass is 9.99. The van der Waals surface area contributed by atoms with Gasteiger partial charge in [0.15, 0.2) is 0 Å². The van der Waals surface area contributed by atoms with Crippen molar-refractivity contribution in [3.05, 3.63) is 35.2 Å². The highest BCUT2D eigenvalue weighted by Crippen LogP contribution is 2.22. The van der Waals surface area contributed by atoms with Gasteiger partial charge in [0.1, 0.15) is 5.69 Å². The lowest BCUT2D eigenvalue weighted by Crippen LogP contribution is -2.20. The number of aromatic nitrogens is 1. The number of esters is 1. The lowest BCUT2D eigenvalue weighted by Gasteiger charge is -2.15. The molecule has 0 saturated heterocycles. The van der Waals surface area contributed by atoms with Crippen molar-refractivity contribution >= 4 is 11.5 Å². The van der Waals surface area contributed by atoms with Gasteiger partial charge in [0.05, 0.1) is 7.11 Å². The molecule has 0 fully saturated rings. The molecule has 0 bridgehead atoms. The van der Waals surface area contributed by atoms with Crippen molar-refractivity contribution in [1.29, 1.82) is 0 Å². The maximum atomic E-state index is 11.3. The summed E-state index contributed by atoms with van der Waals surface area (Å²) in [6, 6.07) is 3.67. The monoisotopic (exact) mass is 232 g/mol. The van der Waals surface area contributed by atoms with E-state index in [2.05, 4.69) is 21.1 Å². The molecule has 4 heteroatoms. The van der Waals surface area contributed by atoms with Crippen LogP contribution in [0.5, 0.6) is 0 Å². The Hall–Kier alpha value is -1.68. The van der Waals surface area contributed by atoms with E-state index < -0.39 is 0 Å². The lowest BCUT2D eigenvalue weighted by molar-refractivity contribution is 0.0594. The minimum Gasteiger partial charge on any atom is -0.464 e. The Morgan fingerprint density at radius 1 is 1.47 bits per heavy atom. The molecule has 0 unspecified atom stereocenters. The van der Waals surface area contributed by atoms with Gasteiger partial charge in [0.25, 0.3) is 0 Å². The summed E-state index contributed by atoms with van der Waals surface area (Å²) in [5, 5.41) is 3.27. The molecule has 0 spiro atoms. The Bertz CT molecular complexity index is 466. The van der Waals surface area contributed by atoms with E-state index in [9.17, 15) is 4.79 Å². The Morgan fingerprint density at radius 2 is 2.29 bits per heavy atom. The zero-order valence-corrected chi connectivity index (χ0v) is 10.1. The third kappa shape index (κ3) is 2.53. The van der Waals surface area contributed by atoms with Gasteiger partial charge in [0.2, 0.25) is 0 Å². The maximum absolute atomic E-state index is 11.3. The average Bonchev–Trinajstić information content (AvgIpc) is 2.38. The van der Waals surface area contributed by atoms with E-state index >= 15 is 0 Å². The number of carbonyl (C=O) groups excluding carboxylic acids is 1. The van der Waals surface area contributed by atoms with Gasteiger partial charge >= 0.3 is 5.97 Å². The summed E-state index contributed by atoms with van der Waals surface area (Å²) in [4.78, 5) is 15.6. The van der Waals surface area contributed by atoms with Crippen LogP contribution in [-0.4, -0.2) is 31.2 Å². The topological polar surface area (TPSA) is 51.2 Å². The average molecular weight is 232 g/mol. The minimum absolute atomic E-state index is 0.364. The van der Waals surface area contributed by atoms with E-state index in [1.54, 1.807) is 6.07 Å². The number of aryl methyl sites for hydroxylation is 1. The largest absolute Gasteiger partial charge is 0.464 e. The fourth-order valence-electron chi connectivity index (χ4n) is 1.99. The predicted octanol–water partition coefficient (Wildman–Crippen LogP) is 1.55. The van der Waals surface area contributed by atoms with Crippen molar-refractivity contribution in [1.82, 2.24) is 10.3 Å². The molecule has 0 saturated carbocycles. The number of nitrogens with one attached hydrogen (secondary N) is 1. The van der Waals surface area contributed by atoms with Crippen molar-refractivity contribution < 1.29 is 9.53 Å². The third-order valence-electron chi connectivity index (χ3n) is 2.89. The number of methoxy groups -OCH3 is 1. The van der Waals surface area contributed by atoms with Crippen LogP contribution >= 0.6 is 0 Å². The van der Waals surface area contributed by atoms with Gasteiger partial charge < -0.3 is 10.1 Å². The van der Waals surface area contributed by atoms with Crippen LogP contribution in [0, 0.1) is 6.92 Å². The fraction of sp³-hybridized carbons (Fsp3) is 0.385. The third-order valence-corrected chi connectivity index (χ3v) is 2.89. The van der Waals surface area contributed by atoms with Gasteiger partial charge in [-0.05, 0) is 37.1 Å². The molecule has 0 atom stereocenters. The van der Waals surface area contributed by atoms with Gasteiger partial charge in [-0.25, -0.2) is 9.78 Å². The summed E-state index contributed by atoms with van der Waals surface area (Å²) in [6.07, 6.45) is 3.17. The maximum Gasteiger partial charge on any atom is 0.356 e. The van der Waals surface area contributed by atoms with E-state index in [0.717, 1.165) is 30.8 Å². The quantitative estimate of drug-likeness (QED) is 0.786. The first kappa shape index (κ1) is 11.8.